The van der Waals surface area contributed by atoms with E-state index in [1.54, 1.807) is 0 Å². The Labute approximate surface area is 174 Å². The zero-order valence-corrected chi connectivity index (χ0v) is 18.0. The Kier molecular flexibility index (Phi) is 6.86. The van der Waals surface area contributed by atoms with Gasteiger partial charge in [-0.1, -0.05) is 39.0 Å². The molecule has 1 amide bonds. The number of piperidine rings is 1. The van der Waals surface area contributed by atoms with Gasteiger partial charge in [0.1, 0.15) is 5.82 Å². The Morgan fingerprint density at radius 3 is 2.62 bits per heavy atom. The maximum absolute atomic E-state index is 12.6. The van der Waals surface area contributed by atoms with E-state index in [2.05, 4.69) is 39.9 Å². The average Bonchev–Trinajstić information content (AvgIpc) is 3.09. The van der Waals surface area contributed by atoms with Crippen LogP contribution >= 0.6 is 0 Å². The first-order chi connectivity index (χ1) is 14.2. The number of hydrogen-bond donors (Lipinski definition) is 1. The molecule has 5 nitrogen and oxygen atoms in total. The van der Waals surface area contributed by atoms with E-state index >= 15 is 0 Å². The highest BCUT2D eigenvalue weighted by atomic mass is 16.1. The van der Waals surface area contributed by atoms with Gasteiger partial charge in [0.15, 0.2) is 0 Å². The van der Waals surface area contributed by atoms with Crippen LogP contribution in [0, 0.1) is 5.92 Å². The lowest BCUT2D eigenvalue weighted by molar-refractivity contribution is -0.120. The summed E-state index contributed by atoms with van der Waals surface area (Å²) in [7, 11) is 0. The number of carbonyl (C=O) groups is 1. The summed E-state index contributed by atoms with van der Waals surface area (Å²) >= 11 is 0. The minimum absolute atomic E-state index is 0.177. The monoisotopic (exact) mass is 396 g/mol. The molecule has 2 fully saturated rings. The standard InChI is InChI=1S/C24H36N4O/c1-2-3-16-28-22-13-12-20(25-24(29)19-10-6-4-7-11-19)17-21(22)26-23(28)18-27-14-8-5-9-15-27/h12-13,17,19H,2-11,14-16,18H2,1H3,(H,25,29). The Balaban J connectivity index is 1.54. The fraction of sp³-hybridized carbons (Fsp3) is 0.667. The molecule has 2 heterocycles. The third-order valence-corrected chi connectivity index (χ3v) is 6.62. The number of aryl methyl sites for hydroxylation is 1. The smallest absolute Gasteiger partial charge is 0.227 e. The molecule has 1 saturated carbocycles. The van der Waals surface area contributed by atoms with Crippen molar-refractivity contribution in [2.24, 2.45) is 5.92 Å². The molecule has 29 heavy (non-hydrogen) atoms. The highest BCUT2D eigenvalue weighted by molar-refractivity contribution is 5.94. The number of nitrogens with zero attached hydrogens (tertiary/aromatic N) is 3. The maximum atomic E-state index is 12.6. The quantitative estimate of drug-likeness (QED) is 0.687. The molecule has 1 aromatic carbocycles. The number of amides is 1. The van der Waals surface area contributed by atoms with Crippen LogP contribution in [0.3, 0.4) is 0 Å². The molecule has 5 heteroatoms. The number of anilines is 1. The van der Waals surface area contributed by atoms with Gasteiger partial charge in [0.05, 0.1) is 17.6 Å². The number of imidazole rings is 1. The van der Waals surface area contributed by atoms with E-state index in [-0.39, 0.29) is 11.8 Å². The highest BCUT2D eigenvalue weighted by Gasteiger charge is 2.22. The molecule has 1 N–H and O–H groups in total. The van der Waals surface area contributed by atoms with Crippen LogP contribution in [0.25, 0.3) is 11.0 Å². The Morgan fingerprint density at radius 2 is 1.86 bits per heavy atom. The van der Waals surface area contributed by atoms with Gasteiger partial charge in [-0.15, -0.1) is 0 Å². The molecule has 1 aliphatic carbocycles. The minimum atomic E-state index is 0.177. The van der Waals surface area contributed by atoms with Crippen molar-refractivity contribution in [3.63, 3.8) is 0 Å². The molecule has 0 radical (unpaired) electrons. The molecule has 4 rings (SSSR count). The fourth-order valence-electron chi connectivity index (χ4n) is 4.87. The lowest BCUT2D eigenvalue weighted by Crippen LogP contribution is -2.30. The van der Waals surface area contributed by atoms with Crippen LogP contribution in [0.2, 0.25) is 0 Å². The maximum Gasteiger partial charge on any atom is 0.227 e. The summed E-state index contributed by atoms with van der Waals surface area (Å²) in [5, 5.41) is 3.16. The van der Waals surface area contributed by atoms with Gasteiger partial charge < -0.3 is 9.88 Å². The number of benzene rings is 1. The van der Waals surface area contributed by atoms with Crippen molar-refractivity contribution in [1.29, 1.82) is 0 Å². The van der Waals surface area contributed by atoms with Gasteiger partial charge in [0, 0.05) is 18.2 Å². The second kappa shape index (κ2) is 9.75. The molecule has 158 valence electrons. The zero-order chi connectivity index (χ0) is 20.1. The van der Waals surface area contributed by atoms with Gasteiger partial charge in [0.2, 0.25) is 5.91 Å². The summed E-state index contributed by atoms with van der Waals surface area (Å²) in [5.74, 6) is 1.53. The molecule has 0 spiro atoms. The minimum Gasteiger partial charge on any atom is -0.327 e. The number of carbonyl (C=O) groups excluding carboxylic acids is 1. The first kappa shape index (κ1) is 20.4. The summed E-state index contributed by atoms with van der Waals surface area (Å²) < 4.78 is 2.40. The lowest BCUT2D eigenvalue weighted by Gasteiger charge is -2.26. The van der Waals surface area contributed by atoms with E-state index in [0.717, 1.165) is 37.1 Å². The van der Waals surface area contributed by atoms with Crippen molar-refractivity contribution in [3.8, 4) is 0 Å². The van der Waals surface area contributed by atoms with Crippen LogP contribution < -0.4 is 5.32 Å². The van der Waals surface area contributed by atoms with Gasteiger partial charge in [-0.3, -0.25) is 9.69 Å². The third kappa shape index (κ3) is 5.00. The van der Waals surface area contributed by atoms with E-state index in [4.69, 9.17) is 4.98 Å². The van der Waals surface area contributed by atoms with Gasteiger partial charge in [-0.2, -0.15) is 0 Å². The first-order valence-corrected chi connectivity index (χ1v) is 11.8. The first-order valence-electron chi connectivity index (χ1n) is 11.8. The molecular formula is C24H36N4O. The van der Waals surface area contributed by atoms with Crippen LogP contribution in [0.1, 0.15) is 77.0 Å². The van der Waals surface area contributed by atoms with E-state index < -0.39 is 0 Å². The largest absolute Gasteiger partial charge is 0.327 e. The van der Waals surface area contributed by atoms with Crippen LogP contribution in [0.5, 0.6) is 0 Å². The second-order valence-electron chi connectivity index (χ2n) is 8.90. The number of unbranched alkanes of at least 4 members (excludes halogenated alkanes) is 1. The molecule has 1 saturated heterocycles. The van der Waals surface area contributed by atoms with Gasteiger partial charge >= 0.3 is 0 Å². The van der Waals surface area contributed by atoms with Crippen molar-refractivity contribution < 1.29 is 4.79 Å². The number of fused-ring (bicyclic) bond motifs is 1. The van der Waals surface area contributed by atoms with Crippen LogP contribution in [-0.2, 0) is 17.9 Å². The van der Waals surface area contributed by atoms with Crippen molar-refractivity contribution in [3.05, 3.63) is 24.0 Å². The van der Waals surface area contributed by atoms with Crippen LogP contribution in [0.15, 0.2) is 18.2 Å². The molecule has 2 aromatic rings. The normalized spacial score (nSPS) is 18.9. The summed E-state index contributed by atoms with van der Waals surface area (Å²) in [4.78, 5) is 20.2. The summed E-state index contributed by atoms with van der Waals surface area (Å²) in [6.45, 7) is 6.55. The number of hydrogen-bond acceptors (Lipinski definition) is 3. The van der Waals surface area contributed by atoms with E-state index in [1.165, 1.54) is 75.8 Å². The van der Waals surface area contributed by atoms with E-state index in [1.807, 2.05) is 0 Å². The summed E-state index contributed by atoms with van der Waals surface area (Å²) in [5.41, 5.74) is 3.09. The number of aromatic nitrogens is 2. The molecular weight excluding hydrogens is 360 g/mol. The zero-order valence-electron chi connectivity index (χ0n) is 18.0. The summed E-state index contributed by atoms with van der Waals surface area (Å²) in [6.07, 6.45) is 12.0. The predicted octanol–water partition coefficient (Wildman–Crippen LogP) is 5.34. The van der Waals surface area contributed by atoms with Crippen molar-refractivity contribution in [2.45, 2.75) is 84.2 Å². The SMILES string of the molecule is CCCCn1c(CN2CCCCC2)nc2cc(NC(=O)C3CCCCC3)ccc21. The summed E-state index contributed by atoms with van der Waals surface area (Å²) in [6, 6.07) is 6.27. The molecule has 0 bridgehead atoms. The highest BCUT2D eigenvalue weighted by Crippen LogP contribution is 2.27. The molecule has 2 aliphatic rings. The van der Waals surface area contributed by atoms with Crippen molar-refractivity contribution >= 4 is 22.6 Å². The van der Waals surface area contributed by atoms with Crippen LogP contribution in [-0.4, -0.2) is 33.4 Å². The average molecular weight is 397 g/mol. The topological polar surface area (TPSA) is 50.2 Å². The number of likely N-dealkylation sites (tertiary alicyclic amines) is 1. The Bertz CT molecular complexity index is 816. The Morgan fingerprint density at radius 1 is 1.10 bits per heavy atom. The van der Waals surface area contributed by atoms with Crippen molar-refractivity contribution in [2.75, 3.05) is 18.4 Å². The molecule has 0 unspecified atom stereocenters. The van der Waals surface area contributed by atoms with E-state index in [0.29, 0.717) is 0 Å². The third-order valence-electron chi connectivity index (χ3n) is 6.62. The van der Waals surface area contributed by atoms with E-state index in [9.17, 15) is 4.79 Å². The van der Waals surface area contributed by atoms with Gasteiger partial charge in [0.25, 0.3) is 0 Å². The van der Waals surface area contributed by atoms with Gasteiger partial charge in [-0.25, -0.2) is 4.98 Å². The second-order valence-corrected chi connectivity index (χ2v) is 8.90. The number of nitrogens with one attached hydrogen (secondary N) is 1. The van der Waals surface area contributed by atoms with Gasteiger partial charge in [-0.05, 0) is 63.4 Å². The fourth-order valence-corrected chi connectivity index (χ4v) is 4.87. The number of rotatable bonds is 7. The van der Waals surface area contributed by atoms with Crippen molar-refractivity contribution in [1.82, 2.24) is 14.5 Å². The lowest BCUT2D eigenvalue weighted by atomic mass is 9.88. The van der Waals surface area contributed by atoms with Crippen LogP contribution in [0.4, 0.5) is 5.69 Å². The molecule has 1 aliphatic heterocycles. The molecule has 1 aromatic heterocycles. The Hall–Kier alpha value is -1.88. The molecule has 0 atom stereocenters. The predicted molar refractivity (Wildman–Crippen MR) is 119 cm³/mol.